The molecule has 3 N–H and O–H groups in total. The second kappa shape index (κ2) is 11.0. The summed E-state index contributed by atoms with van der Waals surface area (Å²) in [6, 6.07) is 6.57. The Kier molecular flexibility index (Phi) is 8.40. The molecule has 0 bridgehead atoms. The standard InChI is InChI=1S/C21H28N4O5/c1-3-5-11-24-19(22)18(20(28)25(21(24)29)12-6-4-2)23-13-15-7-9-16(10-8-15)30-14-17(26)27/h7-10,13H,3-6,11-12,14,22H2,1-2H3,(H,26,27). The molecule has 9 nitrogen and oxygen atoms in total. The van der Waals surface area contributed by atoms with E-state index >= 15 is 0 Å². The molecular weight excluding hydrogens is 388 g/mol. The first-order chi connectivity index (χ1) is 14.4. The first kappa shape index (κ1) is 22.9. The van der Waals surface area contributed by atoms with Crippen LogP contribution in [0.15, 0.2) is 38.8 Å². The number of ether oxygens (including phenoxy) is 1. The van der Waals surface area contributed by atoms with E-state index in [-0.39, 0.29) is 11.5 Å². The van der Waals surface area contributed by atoms with Crippen LogP contribution in [-0.4, -0.2) is 33.0 Å². The van der Waals surface area contributed by atoms with Crippen LogP contribution in [0.2, 0.25) is 0 Å². The first-order valence-corrected chi connectivity index (χ1v) is 10.0. The summed E-state index contributed by atoms with van der Waals surface area (Å²) in [7, 11) is 0. The van der Waals surface area contributed by atoms with Crippen LogP contribution in [0.25, 0.3) is 0 Å². The normalized spacial score (nSPS) is 11.1. The number of nitrogen functional groups attached to an aromatic ring is 1. The largest absolute Gasteiger partial charge is 0.482 e. The lowest BCUT2D eigenvalue weighted by molar-refractivity contribution is -0.139. The third-order valence-electron chi connectivity index (χ3n) is 4.50. The van der Waals surface area contributed by atoms with Crippen molar-refractivity contribution >= 4 is 23.7 Å². The SMILES string of the molecule is CCCCn1c(N)c(N=Cc2ccc(OCC(=O)O)cc2)c(=O)n(CCCC)c1=O. The molecule has 0 aliphatic heterocycles. The van der Waals surface area contributed by atoms with Crippen molar-refractivity contribution in [1.82, 2.24) is 9.13 Å². The van der Waals surface area contributed by atoms with Crippen molar-refractivity contribution in [2.24, 2.45) is 4.99 Å². The minimum atomic E-state index is -1.06. The summed E-state index contributed by atoms with van der Waals surface area (Å²) in [6.07, 6.45) is 4.67. The van der Waals surface area contributed by atoms with Crippen molar-refractivity contribution < 1.29 is 14.6 Å². The smallest absolute Gasteiger partial charge is 0.341 e. The van der Waals surface area contributed by atoms with Crippen molar-refractivity contribution in [3.05, 3.63) is 50.7 Å². The van der Waals surface area contributed by atoms with E-state index in [0.717, 1.165) is 19.3 Å². The molecule has 0 amide bonds. The zero-order valence-corrected chi connectivity index (χ0v) is 17.3. The van der Waals surface area contributed by atoms with Gasteiger partial charge in [-0.3, -0.25) is 13.9 Å². The van der Waals surface area contributed by atoms with Gasteiger partial charge in [0.05, 0.1) is 0 Å². The molecule has 162 valence electrons. The summed E-state index contributed by atoms with van der Waals surface area (Å²) in [4.78, 5) is 40.4. The summed E-state index contributed by atoms with van der Waals surface area (Å²) < 4.78 is 7.70. The molecule has 0 aliphatic rings. The number of aromatic nitrogens is 2. The van der Waals surface area contributed by atoms with E-state index in [9.17, 15) is 14.4 Å². The third-order valence-corrected chi connectivity index (χ3v) is 4.50. The minimum absolute atomic E-state index is 0.0352. The summed E-state index contributed by atoms with van der Waals surface area (Å²) in [5, 5.41) is 8.65. The lowest BCUT2D eigenvalue weighted by Crippen LogP contribution is -2.41. The second-order valence-electron chi connectivity index (χ2n) is 6.84. The molecule has 0 atom stereocenters. The van der Waals surface area contributed by atoms with Gasteiger partial charge in [0.2, 0.25) is 0 Å². The predicted molar refractivity (Wildman–Crippen MR) is 116 cm³/mol. The van der Waals surface area contributed by atoms with Crippen LogP contribution in [-0.2, 0) is 17.9 Å². The van der Waals surface area contributed by atoms with Crippen LogP contribution in [0.5, 0.6) is 5.75 Å². The van der Waals surface area contributed by atoms with Crippen molar-refractivity contribution in [1.29, 1.82) is 0 Å². The molecule has 9 heteroatoms. The number of hydrogen-bond acceptors (Lipinski definition) is 6. The topological polar surface area (TPSA) is 129 Å². The van der Waals surface area contributed by atoms with Gasteiger partial charge >= 0.3 is 11.7 Å². The number of rotatable bonds is 11. The van der Waals surface area contributed by atoms with E-state index in [2.05, 4.69) is 4.99 Å². The highest BCUT2D eigenvalue weighted by molar-refractivity contribution is 5.83. The average Bonchev–Trinajstić information content (AvgIpc) is 2.73. The van der Waals surface area contributed by atoms with Crippen LogP contribution in [0, 0.1) is 0 Å². The van der Waals surface area contributed by atoms with E-state index in [0.29, 0.717) is 30.8 Å². The molecule has 0 fully saturated rings. The fraction of sp³-hybridized carbons (Fsp3) is 0.429. The van der Waals surface area contributed by atoms with Gasteiger partial charge in [0.1, 0.15) is 11.6 Å². The number of aliphatic imine (C=N–C) groups is 1. The van der Waals surface area contributed by atoms with Crippen molar-refractivity contribution in [2.45, 2.75) is 52.6 Å². The third kappa shape index (κ3) is 5.82. The van der Waals surface area contributed by atoms with Crippen LogP contribution < -0.4 is 21.7 Å². The maximum absolute atomic E-state index is 12.8. The van der Waals surface area contributed by atoms with Gasteiger partial charge in [-0.15, -0.1) is 0 Å². The van der Waals surface area contributed by atoms with Crippen molar-refractivity contribution in [2.75, 3.05) is 12.3 Å². The first-order valence-electron chi connectivity index (χ1n) is 10.0. The molecule has 1 aromatic carbocycles. The van der Waals surface area contributed by atoms with Crippen LogP contribution >= 0.6 is 0 Å². The number of hydrogen-bond donors (Lipinski definition) is 2. The van der Waals surface area contributed by atoms with Gasteiger partial charge in [-0.1, -0.05) is 26.7 Å². The molecule has 30 heavy (non-hydrogen) atoms. The zero-order valence-electron chi connectivity index (χ0n) is 17.3. The number of carboxylic acids is 1. The van der Waals surface area contributed by atoms with Gasteiger partial charge in [-0.25, -0.2) is 14.6 Å². The molecule has 2 aromatic rings. The van der Waals surface area contributed by atoms with Gasteiger partial charge in [0, 0.05) is 19.3 Å². The molecule has 0 unspecified atom stereocenters. The maximum Gasteiger partial charge on any atom is 0.341 e. The zero-order chi connectivity index (χ0) is 22.1. The number of nitrogens with two attached hydrogens (primary N) is 1. The second-order valence-corrected chi connectivity index (χ2v) is 6.84. The van der Waals surface area contributed by atoms with Gasteiger partial charge in [-0.05, 0) is 42.7 Å². The van der Waals surface area contributed by atoms with Gasteiger partial charge in [-0.2, -0.15) is 0 Å². The molecule has 1 aromatic heterocycles. The number of benzene rings is 1. The number of carbonyl (C=O) groups is 1. The molecule has 0 saturated heterocycles. The maximum atomic E-state index is 12.8. The predicted octanol–water partition coefficient (Wildman–Crippen LogP) is 2.41. The molecule has 0 spiro atoms. The Labute approximate surface area is 174 Å². The molecular formula is C21H28N4O5. The number of anilines is 1. The summed E-state index contributed by atoms with van der Waals surface area (Å²) >= 11 is 0. The fourth-order valence-corrected chi connectivity index (χ4v) is 2.80. The van der Waals surface area contributed by atoms with Crippen LogP contribution in [0.4, 0.5) is 11.5 Å². The van der Waals surface area contributed by atoms with E-state index in [4.69, 9.17) is 15.6 Å². The fourth-order valence-electron chi connectivity index (χ4n) is 2.80. The molecule has 2 rings (SSSR count). The van der Waals surface area contributed by atoms with Gasteiger partial charge in [0.25, 0.3) is 5.56 Å². The Balaban J connectivity index is 2.38. The van der Waals surface area contributed by atoms with E-state index < -0.39 is 23.8 Å². The lowest BCUT2D eigenvalue weighted by atomic mass is 10.2. The summed E-state index contributed by atoms with van der Waals surface area (Å²) in [6.45, 7) is 4.31. The Hall–Kier alpha value is -3.36. The Bertz CT molecular complexity index is 1010. The Morgan fingerprint density at radius 3 is 2.27 bits per heavy atom. The van der Waals surface area contributed by atoms with E-state index in [1.165, 1.54) is 15.3 Å². The lowest BCUT2D eigenvalue weighted by Gasteiger charge is -2.14. The highest BCUT2D eigenvalue weighted by Gasteiger charge is 2.16. The Morgan fingerprint density at radius 1 is 1.10 bits per heavy atom. The highest BCUT2D eigenvalue weighted by atomic mass is 16.5. The monoisotopic (exact) mass is 416 g/mol. The number of carboxylic acid groups (broad SMARTS) is 1. The summed E-state index contributed by atoms with van der Waals surface area (Å²) in [5.74, 6) is -0.596. The van der Waals surface area contributed by atoms with E-state index in [1.807, 2.05) is 13.8 Å². The molecule has 0 radical (unpaired) electrons. The number of aliphatic carboxylic acids is 1. The van der Waals surface area contributed by atoms with Crippen molar-refractivity contribution in [3.63, 3.8) is 0 Å². The molecule has 1 heterocycles. The average molecular weight is 416 g/mol. The Morgan fingerprint density at radius 2 is 1.70 bits per heavy atom. The number of unbranched alkanes of at least 4 members (excludes halogenated alkanes) is 2. The van der Waals surface area contributed by atoms with Gasteiger partial charge < -0.3 is 15.6 Å². The van der Waals surface area contributed by atoms with Crippen LogP contribution in [0.1, 0.15) is 45.1 Å². The summed E-state index contributed by atoms with van der Waals surface area (Å²) in [5.41, 5.74) is 5.94. The van der Waals surface area contributed by atoms with Gasteiger partial charge in [0.15, 0.2) is 12.3 Å². The quantitative estimate of drug-likeness (QED) is 0.541. The van der Waals surface area contributed by atoms with Crippen molar-refractivity contribution in [3.8, 4) is 5.75 Å². The van der Waals surface area contributed by atoms with Crippen LogP contribution in [0.3, 0.4) is 0 Å². The highest BCUT2D eigenvalue weighted by Crippen LogP contribution is 2.17. The minimum Gasteiger partial charge on any atom is -0.482 e. The molecule has 0 aliphatic carbocycles. The van der Waals surface area contributed by atoms with E-state index in [1.54, 1.807) is 24.3 Å². The number of nitrogens with zero attached hydrogens (tertiary/aromatic N) is 3. The molecule has 0 saturated carbocycles.